The fraction of sp³-hybridized carbons (Fsp3) is 0.556. The third kappa shape index (κ3) is 1.93. The van der Waals surface area contributed by atoms with Crippen LogP contribution in [0.4, 0.5) is 0 Å². The number of H-pyrrole nitrogens is 2. The molecule has 1 aromatic rings. The first-order valence-corrected chi connectivity index (χ1v) is 4.42. The van der Waals surface area contributed by atoms with Crippen LogP contribution >= 0.6 is 0 Å². The second kappa shape index (κ2) is 3.42. The smallest absolute Gasteiger partial charge is 0.323 e. The van der Waals surface area contributed by atoms with Gasteiger partial charge in [-0.05, 0) is 0 Å². The summed E-state index contributed by atoms with van der Waals surface area (Å²) in [5.41, 5.74) is 5.50. The summed E-state index contributed by atoms with van der Waals surface area (Å²) >= 11 is 0. The minimum Gasteiger partial charge on any atom is -0.324 e. The number of nitrogens with one attached hydrogen (secondary N) is 2. The average molecular weight is 197 g/mol. The predicted octanol–water partition coefficient (Wildman–Crippen LogP) is 0.142. The Bertz CT molecular complexity index is 395. The molecule has 0 aliphatic carbocycles. The quantitative estimate of drug-likeness (QED) is 0.589. The second-order valence-corrected chi connectivity index (χ2v) is 4.21. The van der Waals surface area contributed by atoms with Gasteiger partial charge < -0.3 is 15.7 Å². The lowest BCUT2D eigenvalue weighted by molar-refractivity contribution is 0.0995. The first kappa shape index (κ1) is 10.7. The highest BCUT2D eigenvalue weighted by Crippen LogP contribution is 2.21. The van der Waals surface area contributed by atoms with Crippen LogP contribution in [-0.2, 0) is 5.41 Å². The molecule has 0 atom stereocenters. The Morgan fingerprint density at radius 2 is 1.93 bits per heavy atom. The molecule has 5 nitrogen and oxygen atoms in total. The van der Waals surface area contributed by atoms with E-state index in [2.05, 4.69) is 9.97 Å². The fourth-order valence-corrected chi connectivity index (χ4v) is 1.26. The summed E-state index contributed by atoms with van der Waals surface area (Å²) in [7, 11) is 0. The third-order valence-corrected chi connectivity index (χ3v) is 1.94. The van der Waals surface area contributed by atoms with Crippen LogP contribution in [0, 0.1) is 0 Å². The molecule has 0 unspecified atom stereocenters. The molecule has 0 bridgehead atoms. The van der Waals surface area contributed by atoms with E-state index in [0.717, 1.165) is 0 Å². The Morgan fingerprint density at radius 1 is 1.36 bits per heavy atom. The molecule has 1 aromatic heterocycles. The number of carbonyl (C=O) groups excluding carboxylic acids is 1. The molecule has 4 N–H and O–H groups in total. The average Bonchev–Trinajstić information content (AvgIpc) is 2.45. The first-order valence-electron chi connectivity index (χ1n) is 4.42. The highest BCUT2D eigenvalue weighted by Gasteiger charge is 2.24. The molecule has 0 spiro atoms. The van der Waals surface area contributed by atoms with Crippen molar-refractivity contribution < 1.29 is 4.79 Å². The monoisotopic (exact) mass is 197 g/mol. The van der Waals surface area contributed by atoms with Crippen molar-refractivity contribution in [3.63, 3.8) is 0 Å². The van der Waals surface area contributed by atoms with Gasteiger partial charge in [0, 0.05) is 5.41 Å². The van der Waals surface area contributed by atoms with E-state index in [1.54, 1.807) is 0 Å². The summed E-state index contributed by atoms with van der Waals surface area (Å²) in [5.74, 6) is -0.256. The van der Waals surface area contributed by atoms with E-state index >= 15 is 0 Å². The Balaban J connectivity index is 3.30. The Labute approximate surface area is 81.7 Å². The second-order valence-electron chi connectivity index (χ2n) is 4.21. The zero-order chi connectivity index (χ0) is 10.9. The van der Waals surface area contributed by atoms with Crippen molar-refractivity contribution in [2.24, 2.45) is 5.73 Å². The minimum atomic E-state index is -0.369. The number of ketones is 1. The molecule has 0 aliphatic rings. The number of nitrogens with two attached hydrogens (primary N) is 1. The van der Waals surface area contributed by atoms with Crippen molar-refractivity contribution in [1.29, 1.82) is 0 Å². The number of imidazole rings is 1. The van der Waals surface area contributed by atoms with Gasteiger partial charge in [-0.15, -0.1) is 0 Å². The van der Waals surface area contributed by atoms with Crippen molar-refractivity contribution in [2.45, 2.75) is 26.2 Å². The van der Waals surface area contributed by atoms with Gasteiger partial charge in [0.2, 0.25) is 0 Å². The molecular formula is C9H15N3O2. The molecule has 0 saturated carbocycles. The van der Waals surface area contributed by atoms with Crippen LogP contribution in [0.3, 0.4) is 0 Å². The summed E-state index contributed by atoms with van der Waals surface area (Å²) in [6.45, 7) is 5.65. The number of hydrogen-bond donors (Lipinski definition) is 3. The fourth-order valence-electron chi connectivity index (χ4n) is 1.26. The molecule has 0 fully saturated rings. The molecule has 0 saturated heterocycles. The van der Waals surface area contributed by atoms with E-state index in [4.69, 9.17) is 5.73 Å². The number of aromatic nitrogens is 2. The van der Waals surface area contributed by atoms with Crippen LogP contribution in [0.5, 0.6) is 0 Å². The van der Waals surface area contributed by atoms with E-state index in [0.29, 0.717) is 11.4 Å². The van der Waals surface area contributed by atoms with Gasteiger partial charge in [0.25, 0.3) is 0 Å². The van der Waals surface area contributed by atoms with E-state index < -0.39 is 0 Å². The molecular weight excluding hydrogens is 182 g/mol. The van der Waals surface area contributed by atoms with Gasteiger partial charge in [-0.2, -0.15) is 0 Å². The molecule has 0 aromatic carbocycles. The van der Waals surface area contributed by atoms with Crippen LogP contribution in [0.2, 0.25) is 0 Å². The Hall–Kier alpha value is -1.36. The van der Waals surface area contributed by atoms with Crippen LogP contribution in [-0.4, -0.2) is 22.3 Å². The zero-order valence-corrected chi connectivity index (χ0v) is 8.60. The number of aromatic amines is 2. The molecule has 78 valence electrons. The lowest BCUT2D eigenvalue weighted by Crippen LogP contribution is -2.21. The molecule has 1 heterocycles. The number of Topliss-reactive ketones (excluding diaryl/α,β-unsaturated/α-hetero) is 1. The van der Waals surface area contributed by atoms with Crippen molar-refractivity contribution in [2.75, 3.05) is 6.54 Å². The molecule has 0 aliphatic heterocycles. The van der Waals surface area contributed by atoms with Gasteiger partial charge in [-0.25, -0.2) is 4.79 Å². The van der Waals surface area contributed by atoms with Crippen LogP contribution in [0.25, 0.3) is 0 Å². The third-order valence-electron chi connectivity index (χ3n) is 1.94. The molecule has 0 radical (unpaired) electrons. The number of hydrogen-bond acceptors (Lipinski definition) is 3. The number of rotatable bonds is 2. The van der Waals surface area contributed by atoms with E-state index in [-0.39, 0.29) is 23.4 Å². The maximum Gasteiger partial charge on any atom is 0.323 e. The predicted molar refractivity (Wildman–Crippen MR) is 53.5 cm³/mol. The van der Waals surface area contributed by atoms with Crippen LogP contribution < -0.4 is 11.4 Å². The number of carbonyl (C=O) groups is 1. The standard InChI is InChI=1S/C9H15N3O2/c1-9(2,3)7-6(5(13)4-10)11-8(14)12-7/h4,10H2,1-3H3,(H2,11,12,14). The SMILES string of the molecule is CC(C)(C)c1[nH]c(=O)[nH]c1C(=O)CN. The van der Waals surface area contributed by atoms with Gasteiger partial charge in [0.15, 0.2) is 5.78 Å². The van der Waals surface area contributed by atoms with Crippen LogP contribution in [0.15, 0.2) is 4.79 Å². The van der Waals surface area contributed by atoms with Crippen molar-refractivity contribution in [1.82, 2.24) is 9.97 Å². The van der Waals surface area contributed by atoms with Gasteiger partial charge in [-0.1, -0.05) is 20.8 Å². The first-order chi connectivity index (χ1) is 6.36. The largest absolute Gasteiger partial charge is 0.324 e. The summed E-state index contributed by atoms with van der Waals surface area (Å²) in [6, 6.07) is 0. The molecule has 1 rings (SSSR count). The molecule has 14 heavy (non-hydrogen) atoms. The summed E-state index contributed by atoms with van der Waals surface area (Å²) in [5, 5.41) is 0. The van der Waals surface area contributed by atoms with Crippen molar-refractivity contribution in [3.8, 4) is 0 Å². The Morgan fingerprint density at radius 3 is 2.36 bits per heavy atom. The van der Waals surface area contributed by atoms with Gasteiger partial charge in [0.05, 0.1) is 12.2 Å². The summed E-state index contributed by atoms with van der Waals surface area (Å²) in [4.78, 5) is 27.5. The maximum absolute atomic E-state index is 11.4. The van der Waals surface area contributed by atoms with Gasteiger partial charge >= 0.3 is 5.69 Å². The van der Waals surface area contributed by atoms with Crippen LogP contribution in [0.1, 0.15) is 37.0 Å². The van der Waals surface area contributed by atoms with Crippen molar-refractivity contribution in [3.05, 3.63) is 21.9 Å². The maximum atomic E-state index is 11.4. The van der Waals surface area contributed by atoms with E-state index in [9.17, 15) is 9.59 Å². The summed E-state index contributed by atoms with van der Waals surface area (Å²) < 4.78 is 0. The van der Waals surface area contributed by atoms with E-state index in [1.165, 1.54) is 0 Å². The van der Waals surface area contributed by atoms with Crippen molar-refractivity contribution >= 4 is 5.78 Å². The zero-order valence-electron chi connectivity index (χ0n) is 8.60. The molecule has 0 amide bonds. The van der Waals surface area contributed by atoms with E-state index in [1.807, 2.05) is 20.8 Å². The van der Waals surface area contributed by atoms with Gasteiger partial charge in [-0.3, -0.25) is 4.79 Å². The lowest BCUT2D eigenvalue weighted by Gasteiger charge is -2.17. The Kier molecular flexibility index (Phi) is 2.62. The normalized spacial score (nSPS) is 11.7. The summed E-state index contributed by atoms with van der Waals surface area (Å²) in [6.07, 6.45) is 0. The topological polar surface area (TPSA) is 91.7 Å². The minimum absolute atomic E-state index is 0.100. The van der Waals surface area contributed by atoms with Gasteiger partial charge in [0.1, 0.15) is 5.69 Å². The lowest BCUT2D eigenvalue weighted by atomic mass is 9.90. The highest BCUT2D eigenvalue weighted by molar-refractivity contribution is 5.96. The molecule has 5 heteroatoms. The highest BCUT2D eigenvalue weighted by atomic mass is 16.1.